The number of phenolic OH excluding ortho intramolecular Hbond substituents is 3. The zero-order valence-electron chi connectivity index (χ0n) is 8.63. The molecule has 16 heavy (non-hydrogen) atoms. The number of aromatic hydroxyl groups is 3. The van der Waals surface area contributed by atoms with Crippen LogP contribution in [-0.4, -0.2) is 46.7 Å². The molecule has 0 spiro atoms. The Hall–Kier alpha value is -1.80. The lowest BCUT2D eigenvalue weighted by Crippen LogP contribution is -2.32. The van der Waals surface area contributed by atoms with E-state index in [9.17, 15) is 15.3 Å². The molecule has 8 heteroatoms. The fourth-order valence-electron chi connectivity index (χ4n) is 1.33. The fourth-order valence-corrected chi connectivity index (χ4v) is 1.33. The van der Waals surface area contributed by atoms with Crippen LogP contribution in [0.2, 0.25) is 0 Å². The van der Waals surface area contributed by atoms with E-state index in [0.717, 1.165) is 14.2 Å². The van der Waals surface area contributed by atoms with Gasteiger partial charge in [0.2, 0.25) is 17.2 Å². The van der Waals surface area contributed by atoms with Gasteiger partial charge in [-0.15, -0.1) is 0 Å². The Morgan fingerprint density at radius 3 is 1.44 bits per heavy atom. The second-order valence-corrected chi connectivity index (χ2v) is 2.90. The van der Waals surface area contributed by atoms with Gasteiger partial charge in [0, 0.05) is 0 Å². The predicted molar refractivity (Wildman–Crippen MR) is 54.4 cm³/mol. The van der Waals surface area contributed by atoms with E-state index in [1.165, 1.54) is 0 Å². The minimum atomic E-state index is -2.04. The van der Waals surface area contributed by atoms with Crippen molar-refractivity contribution in [3.05, 3.63) is 0 Å². The third-order valence-electron chi connectivity index (χ3n) is 2.03. The average Bonchev–Trinajstić information content (AvgIpc) is 2.25. The maximum Gasteiger partial charge on any atom is 0.496 e. The Bertz CT molecular complexity index is 373. The highest BCUT2D eigenvalue weighted by atomic mass is 16.5. The van der Waals surface area contributed by atoms with Gasteiger partial charge in [0.25, 0.3) is 0 Å². The van der Waals surface area contributed by atoms with Gasteiger partial charge in [0.15, 0.2) is 11.5 Å². The molecule has 1 aromatic carbocycles. The fraction of sp³-hybridized carbons (Fsp3) is 0.250. The molecular formula is C8H11BO7. The minimum absolute atomic E-state index is 0.377. The quantitative estimate of drug-likeness (QED) is 0.316. The monoisotopic (exact) mass is 230 g/mol. The molecular weight excluding hydrogens is 219 g/mol. The van der Waals surface area contributed by atoms with Gasteiger partial charge in [-0.1, -0.05) is 0 Å². The van der Waals surface area contributed by atoms with Crippen LogP contribution in [0.15, 0.2) is 0 Å². The number of ether oxygens (including phenoxy) is 2. The summed E-state index contributed by atoms with van der Waals surface area (Å²) < 4.78 is 9.39. The van der Waals surface area contributed by atoms with Gasteiger partial charge in [-0.2, -0.15) is 0 Å². The first kappa shape index (κ1) is 12.3. The van der Waals surface area contributed by atoms with E-state index < -0.39 is 24.4 Å². The zero-order chi connectivity index (χ0) is 12.5. The molecule has 0 aliphatic rings. The maximum absolute atomic E-state index is 9.42. The molecule has 5 N–H and O–H groups in total. The molecule has 0 saturated carbocycles. The second kappa shape index (κ2) is 4.37. The standard InChI is InChI=1S/C8H11BO7/c1-15-7-3(9(13)14)8(16-2)6(12)4(10)5(7)11/h10-14H,1-2H3. The largest absolute Gasteiger partial charge is 0.502 e. The van der Waals surface area contributed by atoms with Gasteiger partial charge in [-0.3, -0.25) is 0 Å². The minimum Gasteiger partial charge on any atom is -0.502 e. The van der Waals surface area contributed by atoms with Crippen molar-refractivity contribution in [2.75, 3.05) is 14.2 Å². The van der Waals surface area contributed by atoms with Crippen LogP contribution in [0.4, 0.5) is 0 Å². The summed E-state index contributed by atoms with van der Waals surface area (Å²) in [6.45, 7) is 0. The summed E-state index contributed by atoms with van der Waals surface area (Å²) in [7, 11) is 0.260. The second-order valence-electron chi connectivity index (χ2n) is 2.90. The van der Waals surface area contributed by atoms with Crippen molar-refractivity contribution >= 4 is 12.6 Å². The smallest absolute Gasteiger partial charge is 0.496 e. The third kappa shape index (κ3) is 1.68. The van der Waals surface area contributed by atoms with Gasteiger partial charge in [-0.05, 0) is 0 Å². The molecule has 0 aromatic heterocycles. The van der Waals surface area contributed by atoms with E-state index >= 15 is 0 Å². The molecule has 0 aliphatic carbocycles. The summed E-state index contributed by atoms with van der Waals surface area (Å²) in [5.41, 5.74) is -0.377. The van der Waals surface area contributed by atoms with Crippen LogP contribution >= 0.6 is 0 Å². The van der Waals surface area contributed by atoms with E-state index in [2.05, 4.69) is 0 Å². The number of hydrogen-bond donors (Lipinski definition) is 5. The highest BCUT2D eigenvalue weighted by Crippen LogP contribution is 2.46. The lowest BCUT2D eigenvalue weighted by molar-refractivity contribution is 0.315. The lowest BCUT2D eigenvalue weighted by atomic mass is 9.78. The normalized spacial score (nSPS) is 10.0. The Balaban J connectivity index is 3.66. The highest BCUT2D eigenvalue weighted by molar-refractivity contribution is 6.61. The molecule has 0 radical (unpaired) electrons. The number of methoxy groups -OCH3 is 2. The van der Waals surface area contributed by atoms with Gasteiger partial charge in [0.05, 0.1) is 19.7 Å². The predicted octanol–water partition coefficient (Wildman–Crippen LogP) is -1.50. The molecule has 0 amide bonds. The van der Waals surface area contributed by atoms with Crippen LogP contribution in [0, 0.1) is 0 Å². The third-order valence-corrected chi connectivity index (χ3v) is 2.03. The van der Waals surface area contributed by atoms with Crippen LogP contribution in [0.3, 0.4) is 0 Å². The van der Waals surface area contributed by atoms with Crippen molar-refractivity contribution in [1.82, 2.24) is 0 Å². The van der Waals surface area contributed by atoms with Crippen LogP contribution in [-0.2, 0) is 0 Å². The summed E-state index contributed by atoms with van der Waals surface area (Å²) >= 11 is 0. The summed E-state index contributed by atoms with van der Waals surface area (Å²) in [5, 5.41) is 46.3. The van der Waals surface area contributed by atoms with Crippen molar-refractivity contribution in [1.29, 1.82) is 0 Å². The van der Waals surface area contributed by atoms with Crippen molar-refractivity contribution in [3.63, 3.8) is 0 Å². The van der Waals surface area contributed by atoms with E-state index in [4.69, 9.17) is 19.5 Å². The van der Waals surface area contributed by atoms with Gasteiger partial charge < -0.3 is 34.8 Å². The SMILES string of the molecule is COc1c(O)c(O)c(O)c(OC)c1B(O)O. The first-order valence-corrected chi connectivity index (χ1v) is 4.20. The molecule has 0 atom stereocenters. The first-order valence-electron chi connectivity index (χ1n) is 4.20. The summed E-state index contributed by atoms with van der Waals surface area (Å²) in [5.74, 6) is -3.24. The number of phenols is 3. The van der Waals surface area contributed by atoms with E-state index in [0.29, 0.717) is 0 Å². The van der Waals surface area contributed by atoms with Crippen LogP contribution < -0.4 is 14.9 Å². The summed E-state index contributed by atoms with van der Waals surface area (Å²) in [6.07, 6.45) is 0. The first-order chi connectivity index (χ1) is 7.45. The van der Waals surface area contributed by atoms with Gasteiger partial charge in [-0.25, -0.2) is 0 Å². The summed E-state index contributed by atoms with van der Waals surface area (Å²) in [6, 6.07) is 0. The molecule has 1 rings (SSSR count). The van der Waals surface area contributed by atoms with Gasteiger partial charge >= 0.3 is 7.12 Å². The Morgan fingerprint density at radius 2 is 1.19 bits per heavy atom. The zero-order valence-corrected chi connectivity index (χ0v) is 8.63. The molecule has 0 unspecified atom stereocenters. The maximum atomic E-state index is 9.42. The van der Waals surface area contributed by atoms with Crippen molar-refractivity contribution < 1.29 is 34.8 Å². The Labute approximate surface area is 91.3 Å². The molecule has 88 valence electrons. The van der Waals surface area contributed by atoms with Crippen LogP contribution in [0.5, 0.6) is 28.7 Å². The lowest BCUT2D eigenvalue weighted by Gasteiger charge is -2.16. The number of rotatable bonds is 3. The van der Waals surface area contributed by atoms with Crippen molar-refractivity contribution in [2.45, 2.75) is 0 Å². The van der Waals surface area contributed by atoms with Crippen LogP contribution in [0.1, 0.15) is 0 Å². The van der Waals surface area contributed by atoms with Crippen LogP contribution in [0.25, 0.3) is 0 Å². The molecule has 7 nitrogen and oxygen atoms in total. The van der Waals surface area contributed by atoms with E-state index in [1.807, 2.05) is 0 Å². The molecule has 0 aliphatic heterocycles. The number of benzene rings is 1. The van der Waals surface area contributed by atoms with E-state index in [1.54, 1.807) is 0 Å². The van der Waals surface area contributed by atoms with Gasteiger partial charge in [0.1, 0.15) is 0 Å². The van der Waals surface area contributed by atoms with Crippen molar-refractivity contribution in [3.8, 4) is 28.7 Å². The Morgan fingerprint density at radius 1 is 0.812 bits per heavy atom. The number of hydrogen-bond acceptors (Lipinski definition) is 7. The Kier molecular flexibility index (Phi) is 3.36. The molecule has 1 aromatic rings. The highest BCUT2D eigenvalue weighted by Gasteiger charge is 2.31. The topological polar surface area (TPSA) is 120 Å². The molecule has 0 heterocycles. The molecule has 0 bridgehead atoms. The van der Waals surface area contributed by atoms with E-state index in [-0.39, 0.29) is 17.0 Å². The summed E-state index contributed by atoms with van der Waals surface area (Å²) in [4.78, 5) is 0. The van der Waals surface area contributed by atoms with Crippen molar-refractivity contribution in [2.24, 2.45) is 0 Å². The molecule has 0 fully saturated rings. The molecule has 0 saturated heterocycles. The average molecular weight is 230 g/mol.